The first-order chi connectivity index (χ1) is 27.6. The van der Waals surface area contributed by atoms with Crippen LogP contribution in [0.1, 0.15) is 87.0 Å². The lowest BCUT2D eigenvalue weighted by Crippen LogP contribution is -2.66. The molecule has 7 amide bonds. The van der Waals surface area contributed by atoms with Gasteiger partial charge in [0.25, 0.3) is 0 Å². The molecule has 23 heteroatoms. The van der Waals surface area contributed by atoms with E-state index in [1.54, 1.807) is 0 Å². The number of carboxylic acid groups (broad SMARTS) is 2. The molecular formula is C36H61N7O16. The van der Waals surface area contributed by atoms with Gasteiger partial charge in [0, 0.05) is 33.4 Å². The van der Waals surface area contributed by atoms with Gasteiger partial charge in [0.2, 0.25) is 41.4 Å². The second kappa shape index (κ2) is 26.2. The van der Waals surface area contributed by atoms with Gasteiger partial charge in [0.05, 0.1) is 6.61 Å². The Morgan fingerprint density at radius 3 is 1.85 bits per heavy atom. The van der Waals surface area contributed by atoms with Crippen molar-refractivity contribution in [1.29, 1.82) is 0 Å². The minimum Gasteiger partial charge on any atom is -0.480 e. The van der Waals surface area contributed by atoms with Crippen LogP contribution in [-0.2, 0) is 57.4 Å². The summed E-state index contributed by atoms with van der Waals surface area (Å²) in [5.41, 5.74) is 0. The van der Waals surface area contributed by atoms with Gasteiger partial charge >= 0.3 is 11.9 Å². The summed E-state index contributed by atoms with van der Waals surface area (Å²) in [5, 5.41) is 56.4. The number of hydrogen-bond donors (Lipinski definition) is 11. The molecule has 0 aromatic rings. The highest BCUT2D eigenvalue weighted by Gasteiger charge is 2.48. The van der Waals surface area contributed by atoms with Gasteiger partial charge in [0.1, 0.15) is 60.7 Å². The van der Waals surface area contributed by atoms with E-state index in [9.17, 15) is 58.5 Å². The van der Waals surface area contributed by atoms with E-state index >= 15 is 0 Å². The molecule has 0 aromatic heterocycles. The largest absolute Gasteiger partial charge is 0.480 e. The lowest BCUT2D eigenvalue weighted by molar-refractivity contribution is -0.280. The first-order valence-corrected chi connectivity index (χ1v) is 19.3. The quantitative estimate of drug-likeness (QED) is 0.0377. The van der Waals surface area contributed by atoms with Gasteiger partial charge in [-0.05, 0) is 59.8 Å². The number of hydrogen-bond acceptors (Lipinski definition) is 14. The van der Waals surface area contributed by atoms with E-state index in [0.717, 1.165) is 0 Å². The Labute approximate surface area is 341 Å². The Morgan fingerprint density at radius 2 is 1.31 bits per heavy atom. The highest BCUT2D eigenvalue weighted by atomic mass is 16.7. The fourth-order valence-electron chi connectivity index (χ4n) is 5.57. The first kappa shape index (κ1) is 52.0. The second-order valence-electron chi connectivity index (χ2n) is 14.1. The van der Waals surface area contributed by atoms with Crippen molar-refractivity contribution in [3.05, 3.63) is 0 Å². The minimum atomic E-state index is -1.63. The fraction of sp³-hybridized carbons (Fsp3) is 0.750. The summed E-state index contributed by atoms with van der Waals surface area (Å²) in [6.07, 6.45) is -6.12. The third-order valence-electron chi connectivity index (χ3n) is 8.89. The van der Waals surface area contributed by atoms with Crippen LogP contribution in [0.4, 0.5) is 0 Å². The van der Waals surface area contributed by atoms with Crippen molar-refractivity contribution in [2.24, 2.45) is 0 Å². The van der Waals surface area contributed by atoms with Crippen LogP contribution in [0.5, 0.6) is 0 Å². The van der Waals surface area contributed by atoms with Gasteiger partial charge in [-0.3, -0.25) is 38.4 Å². The van der Waals surface area contributed by atoms with E-state index in [1.807, 2.05) is 6.92 Å². The molecule has 0 spiro atoms. The summed E-state index contributed by atoms with van der Waals surface area (Å²) in [6, 6.07) is -7.73. The molecule has 59 heavy (non-hydrogen) atoms. The molecule has 0 saturated carbocycles. The lowest BCUT2D eigenvalue weighted by atomic mass is 9.96. The van der Waals surface area contributed by atoms with Crippen molar-refractivity contribution in [3.63, 3.8) is 0 Å². The first-order valence-electron chi connectivity index (χ1n) is 19.3. The average molecular weight is 848 g/mol. The van der Waals surface area contributed by atoms with Crippen molar-refractivity contribution in [2.75, 3.05) is 19.8 Å². The number of nitrogens with one attached hydrogen (secondary N) is 7. The molecule has 1 aliphatic rings. The van der Waals surface area contributed by atoms with Crippen LogP contribution in [0.3, 0.4) is 0 Å². The van der Waals surface area contributed by atoms with E-state index in [4.69, 9.17) is 19.3 Å². The molecular weight excluding hydrogens is 786 g/mol. The zero-order valence-electron chi connectivity index (χ0n) is 34.4. The van der Waals surface area contributed by atoms with Crippen LogP contribution >= 0.6 is 0 Å². The van der Waals surface area contributed by atoms with Crippen molar-refractivity contribution in [2.45, 2.75) is 154 Å². The number of carboxylic acids is 2. The maximum Gasteiger partial charge on any atom is 0.326 e. The number of rotatable bonds is 26. The number of carbonyl (C=O) groups excluding carboxylic acids is 7. The Hall–Kier alpha value is -4.97. The molecule has 0 aromatic carbocycles. The van der Waals surface area contributed by atoms with Crippen LogP contribution in [0.2, 0.25) is 0 Å². The molecule has 1 rings (SSSR count). The molecule has 1 aliphatic heterocycles. The SMILES string of the molecule is CCCO[C@H]1O[C@H](CO)[C@@H](O)[C@H](O[C@H](C)C(=O)N[C@@H](C)C(=O)N[C@H](CCC(=O)N[C@@H](CCCCNC(C)=O)C(=O)N[C@H](C)C(=O)N[C@H](C)C(=O)O)C(=O)O)[C@H]1NC(C)=O. The number of aliphatic carboxylic acids is 2. The number of carbonyl (C=O) groups is 9. The maximum absolute atomic E-state index is 13.1. The summed E-state index contributed by atoms with van der Waals surface area (Å²) in [6.45, 7) is 9.30. The Balaban J connectivity index is 2.93. The summed E-state index contributed by atoms with van der Waals surface area (Å²) < 4.78 is 17.1. The highest BCUT2D eigenvalue weighted by Crippen LogP contribution is 2.26. The third-order valence-corrected chi connectivity index (χ3v) is 8.89. The highest BCUT2D eigenvalue weighted by molar-refractivity contribution is 5.94. The third kappa shape index (κ3) is 18.7. The van der Waals surface area contributed by atoms with E-state index < -0.39 is 134 Å². The molecule has 1 saturated heterocycles. The molecule has 0 bridgehead atoms. The standard InChI is InChI=1S/C36H61N7O16/c1-8-15-57-36-27(41-22(7)46)29(28(48)25(16-44)59-36)58-20(5)32(51)38-18(3)31(50)43-24(35(55)56)12-13-26(47)42-23(11-9-10-14-37-21(6)45)33(52)39-17(2)30(49)40-19(4)34(53)54/h17-20,23-25,27-29,36,44,48H,8-16H2,1-7H3,(H,37,45)(H,38,51)(H,39,52)(H,40,49)(H,41,46)(H,42,47)(H,43,50)(H,53,54)(H,55,56)/t17-,18+,19-,20-,23+,24-,25-,27-,28-,29-,36+/m1/s1. The number of aliphatic hydroxyl groups is 2. The van der Waals surface area contributed by atoms with Crippen LogP contribution in [-0.4, -0.2) is 160 Å². The van der Waals surface area contributed by atoms with Crippen molar-refractivity contribution >= 4 is 53.3 Å². The molecule has 1 fully saturated rings. The molecule has 11 N–H and O–H groups in total. The predicted molar refractivity (Wildman–Crippen MR) is 204 cm³/mol. The van der Waals surface area contributed by atoms with Gasteiger partial charge in [-0.2, -0.15) is 0 Å². The normalized spacial score (nSPS) is 21.8. The zero-order valence-corrected chi connectivity index (χ0v) is 34.4. The smallest absolute Gasteiger partial charge is 0.326 e. The van der Waals surface area contributed by atoms with E-state index in [2.05, 4.69) is 37.2 Å². The molecule has 23 nitrogen and oxygen atoms in total. The molecule has 336 valence electrons. The monoisotopic (exact) mass is 847 g/mol. The number of ether oxygens (including phenoxy) is 3. The Bertz CT molecular complexity index is 1470. The molecule has 0 aliphatic carbocycles. The minimum absolute atomic E-state index is 0.0477. The fourth-order valence-corrected chi connectivity index (χ4v) is 5.57. The molecule has 0 unspecified atom stereocenters. The van der Waals surface area contributed by atoms with Crippen molar-refractivity contribution in [3.8, 4) is 0 Å². The lowest BCUT2D eigenvalue weighted by Gasteiger charge is -2.44. The topological polar surface area (TPSA) is 346 Å². The maximum atomic E-state index is 13.1. The molecule has 1 heterocycles. The summed E-state index contributed by atoms with van der Waals surface area (Å²) >= 11 is 0. The van der Waals surface area contributed by atoms with E-state index in [1.165, 1.54) is 41.5 Å². The molecule has 11 atom stereocenters. The molecule has 0 radical (unpaired) electrons. The van der Waals surface area contributed by atoms with Crippen LogP contribution in [0, 0.1) is 0 Å². The van der Waals surface area contributed by atoms with Gasteiger partial charge < -0.3 is 71.9 Å². The van der Waals surface area contributed by atoms with Gasteiger partial charge in [0.15, 0.2) is 6.29 Å². The predicted octanol–water partition coefficient (Wildman–Crippen LogP) is -3.49. The van der Waals surface area contributed by atoms with Crippen LogP contribution < -0.4 is 37.2 Å². The van der Waals surface area contributed by atoms with Gasteiger partial charge in [-0.1, -0.05) is 6.92 Å². The van der Waals surface area contributed by atoms with Crippen molar-refractivity contribution < 1.29 is 77.8 Å². The van der Waals surface area contributed by atoms with Crippen LogP contribution in [0.25, 0.3) is 0 Å². The number of unbranched alkanes of at least 4 members (excludes halogenated alkanes) is 1. The second-order valence-corrected chi connectivity index (χ2v) is 14.1. The zero-order chi connectivity index (χ0) is 45.0. The van der Waals surface area contributed by atoms with Gasteiger partial charge in [-0.25, -0.2) is 4.79 Å². The van der Waals surface area contributed by atoms with E-state index in [0.29, 0.717) is 19.3 Å². The number of amides is 7. The summed E-state index contributed by atoms with van der Waals surface area (Å²) in [5.74, 6) is -7.79. The average Bonchev–Trinajstić information content (AvgIpc) is 3.15. The van der Waals surface area contributed by atoms with E-state index in [-0.39, 0.29) is 25.5 Å². The number of aliphatic hydroxyl groups excluding tert-OH is 2. The summed E-state index contributed by atoms with van der Waals surface area (Å²) in [7, 11) is 0. The van der Waals surface area contributed by atoms with Gasteiger partial charge in [-0.15, -0.1) is 0 Å². The summed E-state index contributed by atoms with van der Waals surface area (Å²) in [4.78, 5) is 111. The van der Waals surface area contributed by atoms with Crippen LogP contribution in [0.15, 0.2) is 0 Å². The Kier molecular flexibility index (Phi) is 23.1. The van der Waals surface area contributed by atoms with Crippen molar-refractivity contribution in [1.82, 2.24) is 37.2 Å². The Morgan fingerprint density at radius 1 is 0.712 bits per heavy atom.